The number of carbonyl (C=O) groups excluding carboxylic acids is 1. The zero-order valence-electron chi connectivity index (χ0n) is 16.3. The molecule has 2 aromatic carbocycles. The largest absolute Gasteiger partial charge is 0.368 e. The summed E-state index contributed by atoms with van der Waals surface area (Å²) in [6.07, 6.45) is 0. The van der Waals surface area contributed by atoms with Crippen molar-refractivity contribution in [2.24, 2.45) is 0 Å². The number of halogens is 1. The number of rotatable bonds is 6. The number of hydrogen-bond acceptors (Lipinski definition) is 6. The quantitative estimate of drug-likeness (QED) is 0.448. The van der Waals surface area contributed by atoms with Crippen LogP contribution in [0.1, 0.15) is 0 Å². The van der Waals surface area contributed by atoms with Gasteiger partial charge in [-0.25, -0.2) is 8.42 Å². The lowest BCUT2D eigenvalue weighted by Gasteiger charge is -2.36. The Labute approximate surface area is 183 Å². The van der Waals surface area contributed by atoms with Crippen molar-refractivity contribution in [2.75, 3.05) is 44.7 Å². The van der Waals surface area contributed by atoms with E-state index in [9.17, 15) is 23.3 Å². The van der Waals surface area contributed by atoms with Gasteiger partial charge in [0.15, 0.2) is 0 Å². The Morgan fingerprint density at radius 1 is 1.07 bits per heavy atom. The maximum absolute atomic E-state index is 12.7. The Kier molecular flexibility index (Phi) is 6.74. The lowest BCUT2D eigenvalue weighted by atomic mass is 10.2. The summed E-state index contributed by atoms with van der Waals surface area (Å²) in [7, 11) is -2.36. The van der Waals surface area contributed by atoms with Crippen molar-refractivity contribution in [2.45, 2.75) is 4.90 Å². The number of carbonyl (C=O) groups is 1. The maximum atomic E-state index is 12.7. The van der Waals surface area contributed by atoms with Gasteiger partial charge in [-0.1, -0.05) is 15.9 Å². The number of non-ortho nitro benzene ring substituents is 1. The topological polar surface area (TPSA) is 104 Å². The highest BCUT2D eigenvalue weighted by atomic mass is 79.9. The molecule has 0 radical (unpaired) electrons. The van der Waals surface area contributed by atoms with Gasteiger partial charge in [0.1, 0.15) is 0 Å². The molecule has 1 heterocycles. The van der Waals surface area contributed by atoms with E-state index in [2.05, 4.69) is 15.9 Å². The van der Waals surface area contributed by atoms with Crippen LogP contribution in [-0.2, 0) is 14.8 Å². The SMILES string of the molecule is CN(CC(=O)N1CCN(c2ccc([N+](=O)[O-])cc2)CC1)S(=O)(=O)c1ccc(Br)cc1. The first-order chi connectivity index (χ1) is 14.2. The van der Waals surface area contributed by atoms with Gasteiger partial charge < -0.3 is 9.80 Å². The van der Waals surface area contributed by atoms with Gasteiger partial charge in [0, 0.05) is 55.5 Å². The molecule has 0 aliphatic carbocycles. The Morgan fingerprint density at radius 3 is 2.17 bits per heavy atom. The molecular formula is C19H21BrN4O5S. The van der Waals surface area contributed by atoms with Gasteiger partial charge in [-0.2, -0.15) is 4.31 Å². The molecule has 1 aliphatic rings. The maximum Gasteiger partial charge on any atom is 0.269 e. The molecule has 0 spiro atoms. The fraction of sp³-hybridized carbons (Fsp3) is 0.316. The number of likely N-dealkylation sites (N-methyl/N-ethyl adjacent to an activating group) is 1. The summed E-state index contributed by atoms with van der Waals surface area (Å²) in [5.41, 5.74) is 0.880. The molecule has 0 bridgehead atoms. The van der Waals surface area contributed by atoms with Gasteiger partial charge in [-0.05, 0) is 36.4 Å². The summed E-state index contributed by atoms with van der Waals surface area (Å²) in [6, 6.07) is 12.5. The molecule has 1 amide bonds. The molecule has 11 heteroatoms. The van der Waals surface area contributed by atoms with Gasteiger partial charge in [0.25, 0.3) is 5.69 Å². The molecule has 30 heavy (non-hydrogen) atoms. The molecule has 3 rings (SSSR count). The van der Waals surface area contributed by atoms with Gasteiger partial charge in [0.2, 0.25) is 15.9 Å². The molecule has 0 unspecified atom stereocenters. The van der Waals surface area contributed by atoms with E-state index in [4.69, 9.17) is 0 Å². The number of nitro groups is 1. The number of benzene rings is 2. The predicted molar refractivity (Wildman–Crippen MR) is 116 cm³/mol. The van der Waals surface area contributed by atoms with Crippen LogP contribution in [0.15, 0.2) is 57.9 Å². The smallest absolute Gasteiger partial charge is 0.269 e. The second kappa shape index (κ2) is 9.11. The van der Waals surface area contributed by atoms with Crippen LogP contribution < -0.4 is 4.90 Å². The lowest BCUT2D eigenvalue weighted by Crippen LogP contribution is -2.51. The van der Waals surface area contributed by atoms with E-state index in [0.717, 1.165) is 14.5 Å². The second-order valence-corrected chi connectivity index (χ2v) is 9.82. The summed E-state index contributed by atoms with van der Waals surface area (Å²) < 4.78 is 27.1. The summed E-state index contributed by atoms with van der Waals surface area (Å²) >= 11 is 3.27. The number of nitro benzene ring substituents is 1. The van der Waals surface area contributed by atoms with Crippen molar-refractivity contribution < 1.29 is 18.1 Å². The summed E-state index contributed by atoms with van der Waals surface area (Å²) in [6.45, 7) is 1.78. The average Bonchev–Trinajstić information content (AvgIpc) is 2.74. The van der Waals surface area contributed by atoms with Crippen LogP contribution >= 0.6 is 15.9 Å². The van der Waals surface area contributed by atoms with E-state index < -0.39 is 14.9 Å². The number of amides is 1. The van der Waals surface area contributed by atoms with Gasteiger partial charge in [0.05, 0.1) is 16.4 Å². The first-order valence-corrected chi connectivity index (χ1v) is 11.4. The van der Waals surface area contributed by atoms with Crippen molar-refractivity contribution >= 4 is 43.2 Å². The van der Waals surface area contributed by atoms with E-state index in [1.165, 1.54) is 31.3 Å². The highest BCUT2D eigenvalue weighted by molar-refractivity contribution is 9.10. The number of sulfonamides is 1. The van der Waals surface area contributed by atoms with E-state index in [0.29, 0.717) is 26.2 Å². The summed E-state index contributed by atoms with van der Waals surface area (Å²) in [5, 5.41) is 10.8. The van der Waals surface area contributed by atoms with Gasteiger partial charge in [-0.3, -0.25) is 14.9 Å². The van der Waals surface area contributed by atoms with E-state index in [-0.39, 0.29) is 23.0 Å². The zero-order valence-corrected chi connectivity index (χ0v) is 18.7. The van der Waals surface area contributed by atoms with Gasteiger partial charge >= 0.3 is 0 Å². The minimum Gasteiger partial charge on any atom is -0.368 e. The average molecular weight is 497 g/mol. The van der Waals surface area contributed by atoms with E-state index in [1.807, 2.05) is 4.90 Å². The molecular weight excluding hydrogens is 476 g/mol. The van der Waals surface area contributed by atoms with Crippen LogP contribution in [0.25, 0.3) is 0 Å². The van der Waals surface area contributed by atoms with Crippen LogP contribution in [0.5, 0.6) is 0 Å². The van der Waals surface area contributed by atoms with Crippen molar-refractivity contribution in [3.8, 4) is 0 Å². The van der Waals surface area contributed by atoms with Crippen LogP contribution in [0.4, 0.5) is 11.4 Å². The molecule has 0 N–H and O–H groups in total. The van der Waals surface area contributed by atoms with Gasteiger partial charge in [-0.15, -0.1) is 0 Å². The molecule has 1 fully saturated rings. The third kappa shape index (κ3) is 4.97. The Hall–Kier alpha value is -2.50. The van der Waals surface area contributed by atoms with E-state index >= 15 is 0 Å². The molecule has 1 saturated heterocycles. The minimum atomic E-state index is -3.75. The van der Waals surface area contributed by atoms with Crippen LogP contribution in [0.2, 0.25) is 0 Å². The normalized spacial score (nSPS) is 14.8. The lowest BCUT2D eigenvalue weighted by molar-refractivity contribution is -0.384. The molecule has 9 nitrogen and oxygen atoms in total. The van der Waals surface area contributed by atoms with Crippen LogP contribution in [0.3, 0.4) is 0 Å². The molecule has 160 valence electrons. The molecule has 2 aromatic rings. The highest BCUT2D eigenvalue weighted by Crippen LogP contribution is 2.21. The predicted octanol–water partition coefficient (Wildman–Crippen LogP) is 2.33. The number of nitrogens with zero attached hydrogens (tertiary/aromatic N) is 4. The summed E-state index contributed by atoms with van der Waals surface area (Å²) in [5.74, 6) is -0.262. The molecule has 0 aromatic heterocycles. The Balaban J connectivity index is 1.57. The van der Waals surface area contributed by atoms with E-state index in [1.54, 1.807) is 29.2 Å². The first-order valence-electron chi connectivity index (χ1n) is 9.17. The van der Waals surface area contributed by atoms with Crippen LogP contribution in [0, 0.1) is 10.1 Å². The van der Waals surface area contributed by atoms with Crippen molar-refractivity contribution in [1.82, 2.24) is 9.21 Å². The molecule has 0 atom stereocenters. The monoisotopic (exact) mass is 496 g/mol. The van der Waals surface area contributed by atoms with Crippen molar-refractivity contribution in [3.63, 3.8) is 0 Å². The third-order valence-electron chi connectivity index (χ3n) is 4.94. The van der Waals surface area contributed by atoms with Crippen molar-refractivity contribution in [3.05, 3.63) is 63.1 Å². The first kappa shape index (κ1) is 22.2. The molecule has 0 saturated carbocycles. The minimum absolute atomic E-state index is 0.0302. The summed E-state index contributed by atoms with van der Waals surface area (Å²) in [4.78, 5) is 26.7. The fourth-order valence-electron chi connectivity index (χ4n) is 3.16. The number of hydrogen-bond donors (Lipinski definition) is 0. The van der Waals surface area contributed by atoms with Crippen LogP contribution in [-0.4, -0.2) is 68.2 Å². The number of piperazine rings is 1. The fourth-order valence-corrected chi connectivity index (χ4v) is 4.55. The Morgan fingerprint density at radius 2 is 1.63 bits per heavy atom. The standard InChI is InChI=1S/C19H21BrN4O5S/c1-21(30(28,29)18-8-2-15(20)3-9-18)14-19(25)23-12-10-22(11-13-23)16-4-6-17(7-5-16)24(26)27/h2-9H,10-14H2,1H3. The van der Waals surface area contributed by atoms with Crippen molar-refractivity contribution in [1.29, 1.82) is 0 Å². The second-order valence-electron chi connectivity index (χ2n) is 6.86. The zero-order chi connectivity index (χ0) is 21.9. The number of anilines is 1. The molecule has 1 aliphatic heterocycles. The highest BCUT2D eigenvalue weighted by Gasteiger charge is 2.27. The third-order valence-corrected chi connectivity index (χ3v) is 7.28. The Bertz CT molecular complexity index is 1020.